The maximum Gasteiger partial charge on any atom is 0.298 e. The molecule has 18 nitrogen and oxygen atoms in total. The van der Waals surface area contributed by atoms with E-state index >= 15 is 0 Å². The molecule has 0 radical (unpaired) electrons. The van der Waals surface area contributed by atoms with Gasteiger partial charge in [0, 0.05) is 22.5 Å². The largest absolute Gasteiger partial charge is 0.506 e. The molecular weight excluding hydrogens is 831 g/mol. The van der Waals surface area contributed by atoms with Crippen molar-refractivity contribution < 1.29 is 58.7 Å². The second-order valence-electron chi connectivity index (χ2n) is 12.8. The summed E-state index contributed by atoms with van der Waals surface area (Å²) in [6.07, 6.45) is 1.81. The molecule has 0 spiro atoms. The molecule has 0 bridgehead atoms. The number of ketones is 2. The molecule has 0 saturated carbocycles. The van der Waals surface area contributed by atoms with E-state index in [0.29, 0.717) is 22.9 Å². The number of allylic oxidation sites excluding steroid dienone is 2. The first-order valence-electron chi connectivity index (χ1n) is 16.7. The standard InChI is InChI=1S/C38H27N5O13S3/c44-31-13-7-20(16-30(31)41-42-35-27-11-9-26(57(48,49)50)15-23(27)19-34(38(35)47)59(54,55)56)21-6-12-29(32(45)17-21)40-43-36-33(58(51,52)53)18-22-14-25(8-10-28(22)37(36)46)39-24-4-2-1-3-5-24/h1-19,39-41,44-45H,(H,48,49,50)(H,51,52,53)(H,54,55,56). The summed E-state index contributed by atoms with van der Waals surface area (Å²) in [7, 11) is -14.9. The van der Waals surface area contributed by atoms with Crippen LogP contribution >= 0.6 is 0 Å². The fraction of sp³-hybridized carbons (Fsp3) is 0. The molecule has 0 aromatic heterocycles. The third-order valence-electron chi connectivity index (χ3n) is 8.85. The number of nitrogens with one attached hydrogen (secondary N) is 3. The van der Waals surface area contributed by atoms with Gasteiger partial charge in [-0.1, -0.05) is 36.4 Å². The number of para-hydroxylation sites is 1. The Morgan fingerprint density at radius 3 is 1.78 bits per heavy atom. The van der Waals surface area contributed by atoms with Gasteiger partial charge in [0.05, 0.1) is 16.3 Å². The van der Waals surface area contributed by atoms with Gasteiger partial charge in [-0.3, -0.25) is 34.1 Å². The lowest BCUT2D eigenvalue weighted by Gasteiger charge is -2.18. The highest BCUT2D eigenvalue weighted by Gasteiger charge is 2.35. The molecule has 0 aliphatic heterocycles. The Morgan fingerprint density at radius 1 is 0.492 bits per heavy atom. The first-order chi connectivity index (χ1) is 27.8. The molecule has 0 unspecified atom stereocenters. The van der Waals surface area contributed by atoms with E-state index in [1.54, 1.807) is 6.07 Å². The second-order valence-corrected chi connectivity index (χ2v) is 17.0. The molecule has 59 heavy (non-hydrogen) atoms. The molecule has 0 saturated heterocycles. The van der Waals surface area contributed by atoms with Crippen LogP contribution in [0.1, 0.15) is 27.0 Å². The minimum Gasteiger partial charge on any atom is -0.506 e. The van der Waals surface area contributed by atoms with Crippen molar-refractivity contribution in [3.63, 3.8) is 0 Å². The number of phenols is 2. The number of fused-ring (bicyclic) bond motifs is 2. The van der Waals surface area contributed by atoms with Gasteiger partial charge in [0.1, 0.15) is 27.0 Å². The van der Waals surface area contributed by atoms with Crippen molar-refractivity contribution in [2.75, 3.05) is 16.2 Å². The zero-order valence-electron chi connectivity index (χ0n) is 29.6. The number of phenolic OH excluding ortho intramolecular Hbond substituents is 2. The van der Waals surface area contributed by atoms with Crippen LogP contribution < -0.4 is 16.2 Å². The van der Waals surface area contributed by atoms with Gasteiger partial charge in [-0.15, -0.1) is 0 Å². The Kier molecular flexibility index (Phi) is 10.3. The van der Waals surface area contributed by atoms with Crippen LogP contribution in [0.3, 0.4) is 0 Å². The first kappa shape index (κ1) is 40.2. The van der Waals surface area contributed by atoms with E-state index in [-0.39, 0.29) is 33.6 Å². The predicted molar refractivity (Wildman–Crippen MR) is 217 cm³/mol. The van der Waals surface area contributed by atoms with Crippen LogP contribution in [0.15, 0.2) is 128 Å². The summed E-state index contributed by atoms with van der Waals surface area (Å²) in [5, 5.41) is 32.5. The molecule has 2 aliphatic rings. The molecule has 7 rings (SSSR count). The van der Waals surface area contributed by atoms with Crippen LogP contribution in [-0.2, 0) is 35.1 Å². The predicted octanol–water partition coefficient (Wildman–Crippen LogP) is 5.28. The number of carbonyl (C=O) groups excluding carboxylic acids is 2. The maximum absolute atomic E-state index is 13.5. The van der Waals surface area contributed by atoms with Crippen molar-refractivity contribution in [2.45, 2.75) is 4.90 Å². The summed E-state index contributed by atoms with van der Waals surface area (Å²) in [6.45, 7) is 0. The van der Waals surface area contributed by atoms with Gasteiger partial charge >= 0.3 is 0 Å². The zero-order valence-corrected chi connectivity index (χ0v) is 32.0. The van der Waals surface area contributed by atoms with Crippen LogP contribution in [0.4, 0.5) is 22.7 Å². The zero-order chi connectivity index (χ0) is 42.4. The number of hydrogen-bond donors (Lipinski definition) is 8. The monoisotopic (exact) mass is 857 g/mol. The van der Waals surface area contributed by atoms with Crippen molar-refractivity contribution in [1.29, 1.82) is 0 Å². The number of carbonyl (C=O) groups is 2. The Balaban J connectivity index is 1.15. The number of rotatable bonds is 10. The van der Waals surface area contributed by atoms with E-state index in [0.717, 1.165) is 30.0 Å². The number of benzene rings is 5. The summed E-state index contributed by atoms with van der Waals surface area (Å²) in [4.78, 5) is 24.1. The molecule has 8 N–H and O–H groups in total. The maximum atomic E-state index is 13.5. The van der Waals surface area contributed by atoms with E-state index in [1.807, 2.05) is 30.3 Å². The summed E-state index contributed by atoms with van der Waals surface area (Å²) in [5.41, 5.74) is 5.37. The summed E-state index contributed by atoms with van der Waals surface area (Å²) < 4.78 is 101. The first-order valence-corrected chi connectivity index (χ1v) is 21.0. The van der Waals surface area contributed by atoms with Crippen molar-refractivity contribution in [3.8, 4) is 22.6 Å². The average molecular weight is 858 g/mol. The minimum absolute atomic E-state index is 0.0851. The van der Waals surface area contributed by atoms with Gasteiger partial charge in [-0.05, 0) is 101 Å². The third-order valence-corrected chi connectivity index (χ3v) is 11.4. The molecule has 21 heteroatoms. The Hall–Kier alpha value is -7.01. The van der Waals surface area contributed by atoms with Gasteiger partial charge in [0.25, 0.3) is 30.4 Å². The van der Waals surface area contributed by atoms with Crippen molar-refractivity contribution in [2.24, 2.45) is 10.2 Å². The van der Waals surface area contributed by atoms with Gasteiger partial charge in [0.15, 0.2) is 5.71 Å². The number of aromatic hydroxyl groups is 2. The molecule has 0 amide bonds. The molecule has 5 aromatic carbocycles. The Bertz CT molecular complexity index is 3110. The number of hydrazone groups is 2. The van der Waals surface area contributed by atoms with Gasteiger partial charge < -0.3 is 15.5 Å². The van der Waals surface area contributed by atoms with Crippen molar-refractivity contribution in [3.05, 3.63) is 135 Å². The minimum atomic E-state index is -5.14. The highest BCUT2D eigenvalue weighted by molar-refractivity contribution is 7.91. The van der Waals surface area contributed by atoms with Crippen LogP contribution in [-0.4, -0.2) is 72.1 Å². The molecule has 0 heterocycles. The van der Waals surface area contributed by atoms with Crippen LogP contribution in [0.5, 0.6) is 11.5 Å². The highest BCUT2D eigenvalue weighted by atomic mass is 32.2. The lowest BCUT2D eigenvalue weighted by molar-refractivity contribution is -0.109. The molecule has 0 atom stereocenters. The lowest BCUT2D eigenvalue weighted by atomic mass is 9.94. The third kappa shape index (κ3) is 8.36. The van der Waals surface area contributed by atoms with Crippen LogP contribution in [0, 0.1) is 0 Å². The van der Waals surface area contributed by atoms with E-state index in [1.165, 1.54) is 48.5 Å². The summed E-state index contributed by atoms with van der Waals surface area (Å²) in [5.74, 6) is -2.95. The lowest BCUT2D eigenvalue weighted by Crippen LogP contribution is -2.27. The second kappa shape index (κ2) is 15.1. The Morgan fingerprint density at radius 2 is 1.10 bits per heavy atom. The fourth-order valence-corrected chi connectivity index (χ4v) is 7.82. The average Bonchev–Trinajstić information content (AvgIpc) is 3.17. The summed E-state index contributed by atoms with van der Waals surface area (Å²) >= 11 is 0. The molecule has 2 aliphatic carbocycles. The number of hydrogen-bond acceptors (Lipinski definition) is 15. The van der Waals surface area contributed by atoms with Gasteiger partial charge in [-0.25, -0.2) is 0 Å². The van der Waals surface area contributed by atoms with Gasteiger partial charge in [-0.2, -0.15) is 35.5 Å². The molecule has 0 fully saturated rings. The normalized spacial score (nSPS) is 15.6. The van der Waals surface area contributed by atoms with Gasteiger partial charge in [0.2, 0.25) is 11.6 Å². The smallest absolute Gasteiger partial charge is 0.298 e. The van der Waals surface area contributed by atoms with Crippen LogP contribution in [0.2, 0.25) is 0 Å². The quantitative estimate of drug-likeness (QED) is 0.0504. The molecule has 5 aromatic rings. The molecule has 300 valence electrons. The van der Waals surface area contributed by atoms with E-state index in [9.17, 15) is 58.7 Å². The topological polar surface area (TPSA) is 299 Å². The SMILES string of the molecule is O=C1C(S(=O)(=O)O)=Cc2cc(S(=O)(=O)O)ccc2C1=NNc1cc(-c2ccc(NN=C3C(=O)c4ccc(Nc5ccccc5)cc4C=C3S(=O)(=O)O)c(O)c2)ccc1O. The molecular formula is C38H27N5O13S3. The van der Waals surface area contributed by atoms with E-state index < -0.39 is 79.5 Å². The van der Waals surface area contributed by atoms with E-state index in [4.69, 9.17) is 0 Å². The number of nitrogens with zero attached hydrogens (tertiary/aromatic N) is 2. The number of Topliss-reactive ketones (excluding diaryl/α,β-unsaturated/α-hetero) is 2. The highest BCUT2D eigenvalue weighted by Crippen LogP contribution is 2.36. The van der Waals surface area contributed by atoms with Crippen molar-refractivity contribution >= 4 is 88.2 Å². The number of anilines is 4. The van der Waals surface area contributed by atoms with E-state index in [2.05, 4.69) is 26.4 Å². The fourth-order valence-electron chi connectivity index (χ4n) is 6.03. The summed E-state index contributed by atoms with van der Waals surface area (Å²) in [6, 6.07) is 24.6. The Labute approximate surface area is 334 Å². The van der Waals surface area contributed by atoms with Crippen molar-refractivity contribution in [1.82, 2.24) is 0 Å². The van der Waals surface area contributed by atoms with Crippen LogP contribution in [0.25, 0.3) is 23.3 Å².